The first-order valence-corrected chi connectivity index (χ1v) is 7.64. The Morgan fingerprint density at radius 2 is 2.18 bits per heavy atom. The molecule has 1 aromatic rings. The lowest BCUT2D eigenvalue weighted by molar-refractivity contribution is 0.402. The largest absolute Gasteiger partial charge is 0.495 e. The zero-order valence-electron chi connectivity index (χ0n) is 9.44. The third-order valence-corrected chi connectivity index (χ3v) is 4.61. The van der Waals surface area contributed by atoms with Crippen molar-refractivity contribution in [3.05, 3.63) is 22.7 Å². The fourth-order valence-corrected chi connectivity index (χ4v) is 3.31. The van der Waals surface area contributed by atoms with Gasteiger partial charge in [-0.2, -0.15) is 0 Å². The summed E-state index contributed by atoms with van der Waals surface area (Å²) < 4.78 is 32.6. The van der Waals surface area contributed by atoms with Gasteiger partial charge in [-0.1, -0.05) is 15.9 Å². The van der Waals surface area contributed by atoms with E-state index in [0.717, 1.165) is 12.8 Å². The van der Waals surface area contributed by atoms with Crippen molar-refractivity contribution in [3.8, 4) is 5.75 Å². The Hall–Kier alpha value is -0.590. The van der Waals surface area contributed by atoms with Crippen molar-refractivity contribution in [1.29, 1.82) is 0 Å². The van der Waals surface area contributed by atoms with Gasteiger partial charge in [-0.15, -0.1) is 0 Å². The lowest BCUT2D eigenvalue weighted by atomic mass is 10.3. The molecule has 1 aliphatic rings. The smallest absolute Gasteiger partial charge is 0.244 e. The van der Waals surface area contributed by atoms with Crippen LogP contribution >= 0.6 is 15.9 Å². The molecule has 1 N–H and O–H groups in total. The minimum atomic E-state index is -3.49. The third kappa shape index (κ3) is 3.20. The highest BCUT2D eigenvalue weighted by Crippen LogP contribution is 2.30. The van der Waals surface area contributed by atoms with Gasteiger partial charge in [0, 0.05) is 11.0 Å². The van der Waals surface area contributed by atoms with Crippen LogP contribution in [0.2, 0.25) is 0 Å². The van der Waals surface area contributed by atoms with E-state index in [-0.39, 0.29) is 4.90 Å². The Morgan fingerprint density at radius 3 is 2.76 bits per heavy atom. The quantitative estimate of drug-likeness (QED) is 0.904. The standard InChI is InChI=1S/C11H14BrNO3S/c1-16-10-5-4-9(12)6-11(10)17(14,15)13-7-8-2-3-8/h4-6,8,13H,2-3,7H2,1H3. The first-order valence-electron chi connectivity index (χ1n) is 5.36. The molecule has 0 atom stereocenters. The number of nitrogens with one attached hydrogen (secondary N) is 1. The summed E-state index contributed by atoms with van der Waals surface area (Å²) in [6, 6.07) is 4.93. The van der Waals surface area contributed by atoms with Crippen molar-refractivity contribution in [2.45, 2.75) is 17.7 Å². The normalized spacial score (nSPS) is 15.9. The Morgan fingerprint density at radius 1 is 1.47 bits per heavy atom. The van der Waals surface area contributed by atoms with Crippen LogP contribution in [-0.2, 0) is 10.0 Å². The lowest BCUT2D eigenvalue weighted by Crippen LogP contribution is -2.26. The van der Waals surface area contributed by atoms with Crippen LogP contribution in [0, 0.1) is 5.92 Å². The van der Waals surface area contributed by atoms with Gasteiger partial charge in [0.05, 0.1) is 7.11 Å². The van der Waals surface area contributed by atoms with Gasteiger partial charge in [-0.3, -0.25) is 0 Å². The maximum absolute atomic E-state index is 12.1. The van der Waals surface area contributed by atoms with Gasteiger partial charge in [-0.25, -0.2) is 13.1 Å². The van der Waals surface area contributed by atoms with E-state index in [9.17, 15) is 8.42 Å². The van der Waals surface area contributed by atoms with Gasteiger partial charge < -0.3 is 4.74 Å². The number of hydrogen-bond acceptors (Lipinski definition) is 3. The molecule has 2 rings (SSSR count). The molecule has 0 heterocycles. The summed E-state index contributed by atoms with van der Waals surface area (Å²) >= 11 is 3.26. The number of halogens is 1. The number of benzene rings is 1. The zero-order chi connectivity index (χ0) is 12.5. The molecule has 0 radical (unpaired) electrons. The van der Waals surface area contributed by atoms with Crippen LogP contribution in [0.3, 0.4) is 0 Å². The first-order chi connectivity index (χ1) is 8.03. The number of methoxy groups -OCH3 is 1. The predicted molar refractivity (Wildman–Crippen MR) is 68.6 cm³/mol. The molecule has 4 nitrogen and oxygen atoms in total. The molecule has 94 valence electrons. The number of hydrogen-bond donors (Lipinski definition) is 1. The van der Waals surface area contributed by atoms with E-state index >= 15 is 0 Å². The molecule has 1 saturated carbocycles. The van der Waals surface area contributed by atoms with Crippen molar-refractivity contribution >= 4 is 26.0 Å². The van der Waals surface area contributed by atoms with Crippen molar-refractivity contribution in [2.75, 3.05) is 13.7 Å². The van der Waals surface area contributed by atoms with Crippen molar-refractivity contribution in [1.82, 2.24) is 4.72 Å². The number of rotatable bonds is 5. The molecular weight excluding hydrogens is 306 g/mol. The minimum absolute atomic E-state index is 0.176. The van der Waals surface area contributed by atoms with Gasteiger partial charge >= 0.3 is 0 Å². The van der Waals surface area contributed by atoms with Gasteiger partial charge in [0.15, 0.2) is 0 Å². The van der Waals surface area contributed by atoms with E-state index < -0.39 is 10.0 Å². The van der Waals surface area contributed by atoms with Gasteiger partial charge in [0.2, 0.25) is 10.0 Å². The van der Waals surface area contributed by atoms with Gasteiger partial charge in [-0.05, 0) is 37.0 Å². The molecule has 1 fully saturated rings. The van der Waals surface area contributed by atoms with Crippen molar-refractivity contribution in [3.63, 3.8) is 0 Å². The fraction of sp³-hybridized carbons (Fsp3) is 0.455. The molecule has 0 saturated heterocycles. The summed E-state index contributed by atoms with van der Waals surface area (Å²) in [5.74, 6) is 0.861. The van der Waals surface area contributed by atoms with Crippen LogP contribution in [0.15, 0.2) is 27.6 Å². The molecule has 0 aromatic heterocycles. The Kier molecular flexibility index (Phi) is 3.75. The number of sulfonamides is 1. The second kappa shape index (κ2) is 4.96. The molecule has 0 spiro atoms. The Balaban J connectivity index is 2.26. The summed E-state index contributed by atoms with van der Waals surface area (Å²) in [7, 11) is -2.02. The molecule has 1 aliphatic carbocycles. The second-order valence-corrected chi connectivity index (χ2v) is 6.74. The monoisotopic (exact) mass is 319 g/mol. The van der Waals surface area contributed by atoms with Crippen LogP contribution < -0.4 is 9.46 Å². The van der Waals surface area contributed by atoms with Crippen LogP contribution in [0.1, 0.15) is 12.8 Å². The van der Waals surface area contributed by atoms with E-state index in [0.29, 0.717) is 22.7 Å². The summed E-state index contributed by atoms with van der Waals surface area (Å²) in [6.45, 7) is 0.512. The van der Waals surface area contributed by atoms with E-state index in [4.69, 9.17) is 4.74 Å². The molecule has 1 aromatic carbocycles. The maximum atomic E-state index is 12.1. The molecule has 0 unspecified atom stereocenters. The summed E-state index contributed by atoms with van der Waals surface area (Å²) in [6.07, 6.45) is 2.22. The highest BCUT2D eigenvalue weighted by Gasteiger charge is 2.26. The summed E-state index contributed by atoms with van der Waals surface area (Å²) in [5, 5.41) is 0. The molecule has 0 amide bonds. The molecular formula is C11H14BrNO3S. The second-order valence-electron chi connectivity index (χ2n) is 4.09. The third-order valence-electron chi connectivity index (χ3n) is 2.67. The minimum Gasteiger partial charge on any atom is -0.495 e. The SMILES string of the molecule is COc1ccc(Br)cc1S(=O)(=O)NCC1CC1. The van der Waals surface area contributed by atoms with Crippen LogP contribution in [0.25, 0.3) is 0 Å². The highest BCUT2D eigenvalue weighted by molar-refractivity contribution is 9.10. The van der Waals surface area contributed by atoms with Gasteiger partial charge in [0.25, 0.3) is 0 Å². The Bertz CT molecular complexity index is 511. The van der Waals surface area contributed by atoms with E-state index in [2.05, 4.69) is 20.7 Å². The summed E-state index contributed by atoms with van der Waals surface area (Å²) in [5.41, 5.74) is 0. The summed E-state index contributed by atoms with van der Waals surface area (Å²) in [4.78, 5) is 0.176. The maximum Gasteiger partial charge on any atom is 0.244 e. The average molecular weight is 320 g/mol. The molecule has 0 bridgehead atoms. The Labute approximate surface area is 110 Å². The molecule has 0 aliphatic heterocycles. The number of ether oxygens (including phenoxy) is 1. The van der Waals surface area contributed by atoms with Crippen LogP contribution in [0.5, 0.6) is 5.75 Å². The van der Waals surface area contributed by atoms with E-state index in [1.807, 2.05) is 0 Å². The average Bonchev–Trinajstić information content (AvgIpc) is 3.10. The van der Waals surface area contributed by atoms with Crippen LogP contribution in [-0.4, -0.2) is 22.1 Å². The van der Waals surface area contributed by atoms with E-state index in [1.165, 1.54) is 7.11 Å². The van der Waals surface area contributed by atoms with Crippen LogP contribution in [0.4, 0.5) is 0 Å². The molecule has 6 heteroatoms. The highest BCUT2D eigenvalue weighted by atomic mass is 79.9. The topological polar surface area (TPSA) is 55.4 Å². The lowest BCUT2D eigenvalue weighted by Gasteiger charge is -2.10. The fourth-order valence-electron chi connectivity index (χ4n) is 1.49. The molecule has 17 heavy (non-hydrogen) atoms. The van der Waals surface area contributed by atoms with Crippen molar-refractivity contribution in [2.24, 2.45) is 5.92 Å². The van der Waals surface area contributed by atoms with Crippen molar-refractivity contribution < 1.29 is 13.2 Å². The van der Waals surface area contributed by atoms with E-state index in [1.54, 1.807) is 18.2 Å². The predicted octanol–water partition coefficient (Wildman–Crippen LogP) is 2.15. The zero-order valence-corrected chi connectivity index (χ0v) is 11.8. The first kappa shape index (κ1) is 12.9. The van der Waals surface area contributed by atoms with Gasteiger partial charge in [0.1, 0.15) is 10.6 Å².